The molecule has 6 nitrogen and oxygen atoms in total. The minimum absolute atomic E-state index is 0.116. The van der Waals surface area contributed by atoms with E-state index in [-0.39, 0.29) is 23.3 Å². The number of benzene rings is 1. The molecule has 0 bridgehead atoms. The van der Waals surface area contributed by atoms with Crippen molar-refractivity contribution in [3.63, 3.8) is 0 Å². The fraction of sp³-hybridized carbons (Fsp3) is 0.438. The number of carboxylic acids is 1. The molecule has 1 aromatic carbocycles. The molecule has 0 radical (unpaired) electrons. The third-order valence-corrected chi connectivity index (χ3v) is 4.54. The first kappa shape index (κ1) is 17.3. The van der Waals surface area contributed by atoms with E-state index >= 15 is 0 Å². The van der Waals surface area contributed by atoms with E-state index in [0.29, 0.717) is 19.4 Å². The predicted octanol–water partition coefficient (Wildman–Crippen LogP) is 1.74. The summed E-state index contributed by atoms with van der Waals surface area (Å²) in [6.45, 7) is 2.42. The lowest BCUT2D eigenvalue weighted by molar-refractivity contribution is -0.147. The van der Waals surface area contributed by atoms with Crippen LogP contribution in [0.3, 0.4) is 0 Å². The molecule has 7 heteroatoms. The van der Waals surface area contributed by atoms with Gasteiger partial charge in [0.2, 0.25) is 11.8 Å². The molecule has 1 aliphatic rings. The Morgan fingerprint density at radius 2 is 2.13 bits per heavy atom. The Hall–Kier alpha value is -2.02. The lowest BCUT2D eigenvalue weighted by Crippen LogP contribution is -2.41. The molecule has 0 aliphatic carbocycles. The van der Waals surface area contributed by atoms with Gasteiger partial charge in [0, 0.05) is 12.2 Å². The van der Waals surface area contributed by atoms with Gasteiger partial charge in [-0.25, -0.2) is 4.79 Å². The summed E-state index contributed by atoms with van der Waals surface area (Å²) in [5, 5.41) is 11.8. The number of aliphatic carboxylic acids is 1. The molecule has 2 N–H and O–H groups in total. The first-order chi connectivity index (χ1) is 11.0. The summed E-state index contributed by atoms with van der Waals surface area (Å²) in [7, 11) is 0. The van der Waals surface area contributed by atoms with Crippen molar-refractivity contribution in [2.45, 2.75) is 25.8 Å². The standard InChI is InChI=1S/C16H20N2O4S/c1-11-4-2-5-12(8-11)17-14(19)9-23-10-15(20)18-7-3-6-13(18)16(21)22/h2,4-5,8,13H,3,6-7,9-10H2,1H3,(H,17,19)(H,21,22). The number of nitrogens with zero attached hydrogens (tertiary/aromatic N) is 1. The van der Waals surface area contributed by atoms with Crippen LogP contribution in [0.25, 0.3) is 0 Å². The van der Waals surface area contributed by atoms with Crippen molar-refractivity contribution >= 4 is 35.2 Å². The smallest absolute Gasteiger partial charge is 0.326 e. The highest BCUT2D eigenvalue weighted by atomic mass is 32.2. The maximum Gasteiger partial charge on any atom is 0.326 e. The average molecular weight is 336 g/mol. The largest absolute Gasteiger partial charge is 0.480 e. The van der Waals surface area contributed by atoms with Gasteiger partial charge in [0.25, 0.3) is 0 Å². The maximum absolute atomic E-state index is 12.1. The van der Waals surface area contributed by atoms with E-state index in [2.05, 4.69) is 5.32 Å². The Morgan fingerprint density at radius 1 is 1.35 bits per heavy atom. The van der Waals surface area contributed by atoms with Gasteiger partial charge >= 0.3 is 5.97 Å². The SMILES string of the molecule is Cc1cccc(NC(=O)CSCC(=O)N2CCCC2C(=O)O)c1. The molecule has 23 heavy (non-hydrogen) atoms. The van der Waals surface area contributed by atoms with Gasteiger partial charge in [-0.2, -0.15) is 0 Å². The van der Waals surface area contributed by atoms with Crippen LogP contribution in [-0.2, 0) is 14.4 Å². The number of likely N-dealkylation sites (tertiary alicyclic amines) is 1. The first-order valence-corrected chi connectivity index (χ1v) is 8.59. The van der Waals surface area contributed by atoms with E-state index in [0.717, 1.165) is 11.3 Å². The number of aryl methyl sites for hydroxylation is 1. The van der Waals surface area contributed by atoms with E-state index in [9.17, 15) is 14.4 Å². The molecule has 1 aliphatic heterocycles. The molecule has 1 aromatic rings. The molecule has 0 spiro atoms. The molecule has 2 amide bonds. The number of thioether (sulfide) groups is 1. The Labute approximate surface area is 139 Å². The van der Waals surface area contributed by atoms with Crippen molar-refractivity contribution in [2.24, 2.45) is 0 Å². The van der Waals surface area contributed by atoms with Crippen LogP contribution in [0.2, 0.25) is 0 Å². The van der Waals surface area contributed by atoms with Gasteiger partial charge in [-0.3, -0.25) is 9.59 Å². The van der Waals surface area contributed by atoms with E-state index in [1.54, 1.807) is 0 Å². The third kappa shape index (κ3) is 4.99. The zero-order valence-electron chi connectivity index (χ0n) is 12.9. The Morgan fingerprint density at radius 3 is 2.83 bits per heavy atom. The molecule has 124 valence electrons. The number of carbonyl (C=O) groups excluding carboxylic acids is 2. The summed E-state index contributed by atoms with van der Waals surface area (Å²) >= 11 is 1.20. The summed E-state index contributed by atoms with van der Waals surface area (Å²) in [5.74, 6) is -1.08. The van der Waals surface area contributed by atoms with Crippen LogP contribution in [0.15, 0.2) is 24.3 Å². The topological polar surface area (TPSA) is 86.7 Å². The van der Waals surface area contributed by atoms with Crippen LogP contribution in [0.1, 0.15) is 18.4 Å². The molecule has 0 aromatic heterocycles. The number of carbonyl (C=O) groups is 3. The van der Waals surface area contributed by atoms with Crippen LogP contribution in [0.4, 0.5) is 5.69 Å². The second-order valence-corrected chi connectivity index (χ2v) is 6.48. The quantitative estimate of drug-likeness (QED) is 0.826. The zero-order valence-corrected chi connectivity index (χ0v) is 13.8. The van der Waals surface area contributed by atoms with Crippen molar-refractivity contribution in [1.82, 2.24) is 4.90 Å². The Bertz CT molecular complexity index is 605. The number of hydrogen-bond acceptors (Lipinski definition) is 4. The summed E-state index contributed by atoms with van der Waals surface area (Å²) < 4.78 is 0. The van der Waals surface area contributed by atoms with Crippen molar-refractivity contribution in [3.05, 3.63) is 29.8 Å². The molecule has 1 atom stereocenters. The number of amides is 2. The van der Waals surface area contributed by atoms with E-state index in [1.807, 2.05) is 31.2 Å². The molecular formula is C16H20N2O4S. The normalized spacial score (nSPS) is 17.1. The highest BCUT2D eigenvalue weighted by molar-refractivity contribution is 8.00. The first-order valence-electron chi connectivity index (χ1n) is 7.44. The molecule has 1 unspecified atom stereocenters. The van der Waals surface area contributed by atoms with Crippen LogP contribution < -0.4 is 5.32 Å². The van der Waals surface area contributed by atoms with Gasteiger partial charge in [-0.05, 0) is 37.5 Å². The molecular weight excluding hydrogens is 316 g/mol. The van der Waals surface area contributed by atoms with Crippen LogP contribution >= 0.6 is 11.8 Å². The zero-order chi connectivity index (χ0) is 16.8. The highest BCUT2D eigenvalue weighted by Crippen LogP contribution is 2.19. The third-order valence-electron chi connectivity index (χ3n) is 3.62. The van der Waals surface area contributed by atoms with Crippen molar-refractivity contribution in [3.8, 4) is 0 Å². The fourth-order valence-electron chi connectivity index (χ4n) is 2.56. The van der Waals surface area contributed by atoms with Gasteiger partial charge in [0.1, 0.15) is 6.04 Å². The summed E-state index contributed by atoms with van der Waals surface area (Å²) in [4.78, 5) is 36.4. The molecule has 2 rings (SSSR count). The summed E-state index contributed by atoms with van der Waals surface area (Å²) in [5.41, 5.74) is 1.78. The number of nitrogens with one attached hydrogen (secondary N) is 1. The maximum atomic E-state index is 12.1. The monoisotopic (exact) mass is 336 g/mol. The average Bonchev–Trinajstić information content (AvgIpc) is 2.96. The molecule has 1 saturated heterocycles. The Kier molecular flexibility index (Phi) is 6.04. The van der Waals surface area contributed by atoms with Crippen molar-refractivity contribution in [1.29, 1.82) is 0 Å². The number of carboxylic acid groups (broad SMARTS) is 1. The van der Waals surface area contributed by atoms with E-state index < -0.39 is 12.0 Å². The van der Waals surface area contributed by atoms with Crippen molar-refractivity contribution < 1.29 is 19.5 Å². The summed E-state index contributed by atoms with van der Waals surface area (Å²) in [6.07, 6.45) is 1.21. The second kappa shape index (κ2) is 8.01. The Balaban J connectivity index is 1.75. The van der Waals surface area contributed by atoms with Crippen molar-refractivity contribution in [2.75, 3.05) is 23.4 Å². The van der Waals surface area contributed by atoms with E-state index in [4.69, 9.17) is 5.11 Å². The fourth-order valence-corrected chi connectivity index (χ4v) is 3.26. The van der Waals surface area contributed by atoms with Gasteiger partial charge in [-0.1, -0.05) is 12.1 Å². The van der Waals surface area contributed by atoms with Crippen LogP contribution in [0.5, 0.6) is 0 Å². The number of rotatable bonds is 6. The van der Waals surface area contributed by atoms with Gasteiger partial charge in [0.05, 0.1) is 11.5 Å². The number of anilines is 1. The number of hydrogen-bond donors (Lipinski definition) is 2. The lowest BCUT2D eigenvalue weighted by atomic mass is 10.2. The highest BCUT2D eigenvalue weighted by Gasteiger charge is 2.33. The van der Waals surface area contributed by atoms with Crippen LogP contribution in [-0.4, -0.2) is 51.9 Å². The second-order valence-electron chi connectivity index (χ2n) is 5.49. The van der Waals surface area contributed by atoms with Gasteiger partial charge in [-0.15, -0.1) is 11.8 Å². The van der Waals surface area contributed by atoms with Crippen LogP contribution in [0, 0.1) is 6.92 Å². The molecule has 1 fully saturated rings. The predicted molar refractivity (Wildman–Crippen MR) is 89.5 cm³/mol. The van der Waals surface area contributed by atoms with Gasteiger partial charge < -0.3 is 15.3 Å². The van der Waals surface area contributed by atoms with E-state index in [1.165, 1.54) is 16.7 Å². The lowest BCUT2D eigenvalue weighted by Gasteiger charge is -2.21. The molecule has 1 heterocycles. The van der Waals surface area contributed by atoms with Gasteiger partial charge in [0.15, 0.2) is 0 Å². The molecule has 0 saturated carbocycles. The minimum Gasteiger partial charge on any atom is -0.480 e. The minimum atomic E-state index is -0.960. The summed E-state index contributed by atoms with van der Waals surface area (Å²) in [6, 6.07) is 6.76.